The second-order valence-corrected chi connectivity index (χ2v) is 22.9. The number of rotatable bonds is 56. The molecule has 8 atom stereocenters. The van der Waals surface area contributed by atoms with Crippen LogP contribution in [0.25, 0.3) is 0 Å². The lowest BCUT2D eigenvalue weighted by Crippen LogP contribution is -2.61. The first-order valence-corrected chi connectivity index (χ1v) is 33.5. The van der Waals surface area contributed by atoms with Crippen molar-refractivity contribution in [1.82, 2.24) is 5.32 Å². The van der Waals surface area contributed by atoms with E-state index in [-0.39, 0.29) is 19.4 Å². The topological polar surface area (TPSA) is 175 Å². The number of hydrogen-bond donors (Lipinski definition) is 6. The van der Waals surface area contributed by atoms with Crippen molar-refractivity contribution >= 4 is 11.9 Å². The first kappa shape index (κ1) is 76.6. The monoisotopic (exact) mass is 1150 g/mol. The van der Waals surface area contributed by atoms with Crippen LogP contribution in [0.15, 0.2) is 97.2 Å². The van der Waals surface area contributed by atoms with Crippen LogP contribution in [0.2, 0.25) is 0 Å². The molecule has 1 amide bonds. The number of unbranched alkanes of at least 4 members (excludes halogenated alkanes) is 30. The van der Waals surface area contributed by atoms with Gasteiger partial charge in [-0.1, -0.05) is 279 Å². The normalized spacial score (nSPS) is 19.2. The van der Waals surface area contributed by atoms with Gasteiger partial charge in [0.1, 0.15) is 24.4 Å². The Kier molecular flexibility index (Phi) is 54.2. The summed E-state index contributed by atoms with van der Waals surface area (Å²) in [7, 11) is 0. The summed E-state index contributed by atoms with van der Waals surface area (Å²) in [5, 5.41) is 57.1. The SMILES string of the molecule is CC/C=C/C=C/C=C/CCCCCCCCCC(=O)OC1C(OCC(NC(=O)C(O)CCCCCCCCCCCC/C=C\C/C=C\C/C=C\C/C=C\CCCCC)C(O)/C=C/CCCCCCCCCCCC)OC(CO)C(O)C1O. The molecule has 11 heteroatoms. The summed E-state index contributed by atoms with van der Waals surface area (Å²) in [6.45, 7) is 5.63. The van der Waals surface area contributed by atoms with Crippen molar-refractivity contribution in [3.05, 3.63) is 97.2 Å². The van der Waals surface area contributed by atoms with Gasteiger partial charge >= 0.3 is 5.97 Å². The van der Waals surface area contributed by atoms with Crippen LogP contribution in [-0.4, -0.2) is 99.6 Å². The van der Waals surface area contributed by atoms with Crippen molar-refractivity contribution in [2.45, 2.75) is 327 Å². The molecule has 1 aliphatic heterocycles. The van der Waals surface area contributed by atoms with Crippen LogP contribution < -0.4 is 5.32 Å². The summed E-state index contributed by atoms with van der Waals surface area (Å²) in [6, 6.07) is -1.03. The van der Waals surface area contributed by atoms with E-state index in [1.807, 2.05) is 12.2 Å². The molecule has 0 spiro atoms. The quantitative estimate of drug-likeness (QED) is 0.0149. The third kappa shape index (κ3) is 45.0. The third-order valence-corrected chi connectivity index (χ3v) is 15.3. The number of allylic oxidation sites excluding steroid dienone is 15. The molecule has 1 aliphatic rings. The predicted molar refractivity (Wildman–Crippen MR) is 342 cm³/mol. The standard InChI is InChI=1S/C71H123NO10/c1-4-7-10-13-16-19-22-25-27-28-29-30-31-32-33-34-35-36-37-39-40-43-46-49-52-55-58-64(75)70(79)72-62(63(74)57-54-51-48-45-42-24-21-18-15-12-9-6-3)61-80-71-69(68(78)67(77)65(60-73)81-71)82-66(76)59-56-53-50-47-44-41-38-26-23-20-17-14-11-8-5-2/h8,11,14,16-17,19-20,23,25,27,29-30,32-33,54,57,62-65,67-69,71,73-75,77-78H,4-7,9-10,12-13,15,18,21-22,24,26,28,31,34-53,55-56,58-61H2,1-3H3,(H,72,79)/b11-8+,17-14+,19-16-,23-20+,27-25-,30-29-,33-32-,57-54+. The van der Waals surface area contributed by atoms with E-state index in [4.69, 9.17) is 14.2 Å². The van der Waals surface area contributed by atoms with Crippen molar-refractivity contribution < 1.29 is 49.3 Å². The number of ether oxygens (including phenoxy) is 3. The number of carbonyl (C=O) groups excluding carboxylic acids is 2. The number of carbonyl (C=O) groups is 2. The molecule has 1 heterocycles. The average Bonchev–Trinajstić information content (AvgIpc) is 3.44. The van der Waals surface area contributed by atoms with Gasteiger partial charge in [-0.25, -0.2) is 0 Å². The summed E-state index contributed by atoms with van der Waals surface area (Å²) in [4.78, 5) is 26.6. The molecule has 0 aromatic heterocycles. The van der Waals surface area contributed by atoms with Crippen molar-refractivity contribution in [3.63, 3.8) is 0 Å². The highest BCUT2D eigenvalue weighted by Gasteiger charge is 2.47. The number of esters is 1. The fourth-order valence-electron chi connectivity index (χ4n) is 9.99. The molecule has 0 aliphatic carbocycles. The molecule has 472 valence electrons. The zero-order chi connectivity index (χ0) is 59.6. The largest absolute Gasteiger partial charge is 0.454 e. The first-order chi connectivity index (χ1) is 40.2. The van der Waals surface area contributed by atoms with Gasteiger partial charge in [0.05, 0.1) is 25.4 Å². The maximum atomic E-state index is 13.5. The van der Waals surface area contributed by atoms with E-state index in [0.29, 0.717) is 12.8 Å². The predicted octanol–water partition coefficient (Wildman–Crippen LogP) is 16.7. The van der Waals surface area contributed by atoms with Gasteiger partial charge in [0.25, 0.3) is 0 Å². The minimum atomic E-state index is -1.62. The van der Waals surface area contributed by atoms with E-state index in [1.54, 1.807) is 6.08 Å². The molecule has 6 N–H and O–H groups in total. The summed E-state index contributed by atoms with van der Waals surface area (Å²) < 4.78 is 17.6. The van der Waals surface area contributed by atoms with Gasteiger partial charge in [-0.15, -0.1) is 0 Å². The smallest absolute Gasteiger partial charge is 0.306 e. The molecule has 11 nitrogen and oxygen atoms in total. The Morgan fingerprint density at radius 1 is 0.500 bits per heavy atom. The lowest BCUT2D eigenvalue weighted by molar-refractivity contribution is -0.305. The number of hydrogen-bond acceptors (Lipinski definition) is 10. The summed E-state index contributed by atoms with van der Waals surface area (Å²) in [6.07, 6.45) is 67.3. The molecule has 1 saturated heterocycles. The molecule has 0 saturated carbocycles. The minimum absolute atomic E-state index is 0.106. The van der Waals surface area contributed by atoms with Crippen molar-refractivity contribution in [2.24, 2.45) is 0 Å². The van der Waals surface area contributed by atoms with Crippen LogP contribution in [0.4, 0.5) is 0 Å². The Balaban J connectivity index is 2.60. The molecule has 1 fully saturated rings. The van der Waals surface area contributed by atoms with Crippen LogP contribution in [0.1, 0.15) is 278 Å². The van der Waals surface area contributed by atoms with Crippen molar-refractivity contribution in [2.75, 3.05) is 13.2 Å². The van der Waals surface area contributed by atoms with E-state index in [1.165, 1.54) is 116 Å². The number of nitrogens with one attached hydrogen (secondary N) is 1. The third-order valence-electron chi connectivity index (χ3n) is 15.3. The highest BCUT2D eigenvalue weighted by molar-refractivity contribution is 5.80. The molecule has 8 unspecified atom stereocenters. The lowest BCUT2D eigenvalue weighted by atomic mass is 9.99. The number of amides is 1. The summed E-state index contributed by atoms with van der Waals surface area (Å²) in [5.74, 6) is -1.21. The molecule has 0 aromatic rings. The Morgan fingerprint density at radius 2 is 0.927 bits per heavy atom. The van der Waals surface area contributed by atoms with Crippen molar-refractivity contribution in [3.8, 4) is 0 Å². The van der Waals surface area contributed by atoms with Gasteiger partial charge < -0.3 is 45.1 Å². The van der Waals surface area contributed by atoms with E-state index in [0.717, 1.165) is 116 Å². The molecule has 0 radical (unpaired) electrons. The summed E-state index contributed by atoms with van der Waals surface area (Å²) >= 11 is 0. The molecule has 1 rings (SSSR count). The second kappa shape index (κ2) is 58.0. The van der Waals surface area contributed by atoms with E-state index < -0.39 is 67.4 Å². The maximum absolute atomic E-state index is 13.5. The van der Waals surface area contributed by atoms with Crippen LogP contribution >= 0.6 is 0 Å². The van der Waals surface area contributed by atoms with Gasteiger partial charge in [0.15, 0.2) is 12.4 Å². The first-order valence-electron chi connectivity index (χ1n) is 33.5. The molecule has 0 aromatic carbocycles. The highest BCUT2D eigenvalue weighted by atomic mass is 16.7. The Morgan fingerprint density at radius 3 is 1.44 bits per heavy atom. The van der Waals surface area contributed by atoms with Gasteiger partial charge in [-0.3, -0.25) is 9.59 Å². The second-order valence-electron chi connectivity index (χ2n) is 22.9. The van der Waals surface area contributed by atoms with Gasteiger partial charge in [0, 0.05) is 6.42 Å². The maximum Gasteiger partial charge on any atom is 0.306 e. The number of aliphatic hydroxyl groups excluding tert-OH is 5. The molecule has 0 bridgehead atoms. The Hall–Kier alpha value is -3.42. The van der Waals surface area contributed by atoms with Crippen LogP contribution in [-0.2, 0) is 23.8 Å². The minimum Gasteiger partial charge on any atom is -0.454 e. The van der Waals surface area contributed by atoms with E-state index in [2.05, 4.69) is 105 Å². The number of aliphatic hydroxyl groups is 5. The average molecular weight is 1150 g/mol. The fraction of sp³-hybridized carbons (Fsp3) is 0.746. The van der Waals surface area contributed by atoms with E-state index >= 15 is 0 Å². The molecule has 82 heavy (non-hydrogen) atoms. The Bertz CT molecular complexity index is 1700. The van der Waals surface area contributed by atoms with Gasteiger partial charge in [-0.05, 0) is 89.9 Å². The van der Waals surface area contributed by atoms with Gasteiger partial charge in [0.2, 0.25) is 5.91 Å². The molecular weight excluding hydrogens is 1030 g/mol. The zero-order valence-corrected chi connectivity index (χ0v) is 52.3. The molecular formula is C71H123NO10. The lowest BCUT2D eigenvalue weighted by Gasteiger charge is -2.41. The van der Waals surface area contributed by atoms with Gasteiger partial charge in [-0.2, -0.15) is 0 Å². The fourth-order valence-corrected chi connectivity index (χ4v) is 9.99. The van der Waals surface area contributed by atoms with E-state index in [9.17, 15) is 35.1 Å². The van der Waals surface area contributed by atoms with Crippen LogP contribution in [0.5, 0.6) is 0 Å². The van der Waals surface area contributed by atoms with Crippen LogP contribution in [0, 0.1) is 0 Å². The highest BCUT2D eigenvalue weighted by Crippen LogP contribution is 2.26. The van der Waals surface area contributed by atoms with Crippen LogP contribution in [0.3, 0.4) is 0 Å². The van der Waals surface area contributed by atoms with Crippen molar-refractivity contribution in [1.29, 1.82) is 0 Å². The summed E-state index contributed by atoms with van der Waals surface area (Å²) in [5.41, 5.74) is 0. The Labute approximate surface area is 501 Å². The zero-order valence-electron chi connectivity index (χ0n) is 52.3.